The zero-order valence-electron chi connectivity index (χ0n) is 12.9. The summed E-state index contributed by atoms with van der Waals surface area (Å²) in [5.41, 5.74) is 0.512. The number of hydrogen-bond donors (Lipinski definition) is 1. The molecule has 0 spiro atoms. The smallest absolute Gasteiger partial charge is 0.303 e. The Bertz CT molecular complexity index is 614. The maximum absolute atomic E-state index is 12.9. The fraction of sp³-hybridized carbons (Fsp3) is 0.571. The van der Waals surface area contributed by atoms with Gasteiger partial charge in [0.25, 0.3) is 0 Å². The minimum Gasteiger partial charge on any atom is -0.303 e. The zero-order chi connectivity index (χ0) is 16.3. The molecule has 1 atom stereocenters. The molecule has 0 aliphatic heterocycles. The summed E-state index contributed by atoms with van der Waals surface area (Å²) in [4.78, 5) is 0. The van der Waals surface area contributed by atoms with E-state index < -0.39 is 11.9 Å². The normalized spacial score (nSPS) is 13.5. The molecule has 0 aliphatic rings. The Morgan fingerprint density at radius 2 is 1.95 bits per heavy atom. The summed E-state index contributed by atoms with van der Waals surface area (Å²) in [7, 11) is 0. The van der Waals surface area contributed by atoms with Gasteiger partial charge in [-0.3, -0.25) is 9.36 Å². The van der Waals surface area contributed by atoms with Crippen molar-refractivity contribution >= 4 is 0 Å². The van der Waals surface area contributed by atoms with Crippen molar-refractivity contribution in [3.8, 4) is 0 Å². The molecule has 5 nitrogen and oxygen atoms in total. The van der Waals surface area contributed by atoms with Crippen molar-refractivity contribution in [3.05, 3.63) is 35.4 Å². The Labute approximate surface area is 127 Å². The second kappa shape index (κ2) is 6.51. The molecule has 0 aliphatic carbocycles. The number of hydrogen-bond acceptors (Lipinski definition) is 3. The van der Waals surface area contributed by atoms with Crippen molar-refractivity contribution in [1.29, 1.82) is 0 Å². The van der Waals surface area contributed by atoms with Gasteiger partial charge in [-0.05, 0) is 32.9 Å². The molecule has 1 N–H and O–H groups in total. The fourth-order valence-electron chi connectivity index (χ4n) is 2.17. The average Bonchev–Trinajstić information content (AvgIpc) is 3.10. The molecule has 0 radical (unpaired) electrons. The van der Waals surface area contributed by atoms with Crippen LogP contribution < -0.4 is 5.32 Å². The second-order valence-electron chi connectivity index (χ2n) is 5.03. The fourth-order valence-corrected chi connectivity index (χ4v) is 2.17. The monoisotopic (exact) mass is 315 g/mol. The lowest BCUT2D eigenvalue weighted by Gasteiger charge is -2.09. The number of alkyl halides is 3. The number of halogens is 3. The third kappa shape index (κ3) is 3.68. The Balaban J connectivity index is 2.03. The topological polar surface area (TPSA) is 47.7 Å². The molecule has 2 aromatic rings. The van der Waals surface area contributed by atoms with Crippen LogP contribution in [-0.2, 0) is 25.8 Å². The van der Waals surface area contributed by atoms with Gasteiger partial charge in [-0.25, -0.2) is 0 Å². The van der Waals surface area contributed by atoms with Gasteiger partial charge < -0.3 is 5.32 Å². The van der Waals surface area contributed by atoms with Crippen LogP contribution >= 0.6 is 0 Å². The van der Waals surface area contributed by atoms with E-state index in [0.717, 1.165) is 23.0 Å². The van der Waals surface area contributed by atoms with E-state index in [-0.39, 0.29) is 19.1 Å². The molecule has 22 heavy (non-hydrogen) atoms. The molecular weight excluding hydrogens is 295 g/mol. The molecule has 2 rings (SSSR count). The Kier molecular flexibility index (Phi) is 4.90. The lowest BCUT2D eigenvalue weighted by atomic mass is 10.2. The van der Waals surface area contributed by atoms with E-state index in [1.165, 1.54) is 0 Å². The first-order valence-corrected chi connectivity index (χ1v) is 7.25. The number of nitrogens with one attached hydrogen (secondary N) is 1. The van der Waals surface area contributed by atoms with Gasteiger partial charge in [0.1, 0.15) is 5.69 Å². The Hall–Kier alpha value is -1.83. The lowest BCUT2D eigenvalue weighted by Crippen LogP contribution is -2.19. The summed E-state index contributed by atoms with van der Waals surface area (Å²) in [5.74, 6) is 0. The van der Waals surface area contributed by atoms with Gasteiger partial charge in [-0.15, -0.1) is 0 Å². The SMILES string of the molecule is CCn1ccc(C(C)NCc2cc(C(F)(F)F)n(CC)n2)n1. The van der Waals surface area contributed by atoms with E-state index >= 15 is 0 Å². The van der Waals surface area contributed by atoms with E-state index in [2.05, 4.69) is 15.5 Å². The van der Waals surface area contributed by atoms with Gasteiger partial charge in [0.15, 0.2) is 0 Å². The highest BCUT2D eigenvalue weighted by atomic mass is 19.4. The van der Waals surface area contributed by atoms with Crippen molar-refractivity contribution in [2.24, 2.45) is 0 Å². The van der Waals surface area contributed by atoms with E-state index in [1.807, 2.05) is 26.1 Å². The average molecular weight is 315 g/mol. The van der Waals surface area contributed by atoms with Crippen molar-refractivity contribution < 1.29 is 13.2 Å². The summed E-state index contributed by atoms with van der Waals surface area (Å²) in [6.45, 7) is 6.78. The van der Waals surface area contributed by atoms with E-state index in [0.29, 0.717) is 5.69 Å². The van der Waals surface area contributed by atoms with Gasteiger partial charge in [-0.1, -0.05) is 0 Å². The van der Waals surface area contributed by atoms with Crippen LogP contribution in [0.1, 0.15) is 43.9 Å². The molecule has 1 unspecified atom stereocenters. The highest BCUT2D eigenvalue weighted by molar-refractivity contribution is 5.14. The van der Waals surface area contributed by atoms with Crippen molar-refractivity contribution in [1.82, 2.24) is 24.9 Å². The molecule has 0 bridgehead atoms. The number of aryl methyl sites for hydroxylation is 2. The summed E-state index contributed by atoms with van der Waals surface area (Å²) in [6, 6.07) is 2.93. The summed E-state index contributed by atoms with van der Waals surface area (Å²) in [5, 5.41) is 11.5. The first kappa shape index (κ1) is 16.5. The molecule has 2 aromatic heterocycles. The molecule has 122 valence electrons. The third-order valence-corrected chi connectivity index (χ3v) is 3.44. The van der Waals surface area contributed by atoms with Crippen LogP contribution in [0.15, 0.2) is 18.3 Å². The predicted octanol–water partition coefficient (Wildman–Crippen LogP) is 2.99. The van der Waals surface area contributed by atoms with E-state index in [9.17, 15) is 13.2 Å². The van der Waals surface area contributed by atoms with Gasteiger partial charge in [-0.2, -0.15) is 23.4 Å². The van der Waals surface area contributed by atoms with Gasteiger partial charge in [0, 0.05) is 31.9 Å². The van der Waals surface area contributed by atoms with E-state index in [4.69, 9.17) is 0 Å². The van der Waals surface area contributed by atoms with Crippen LogP contribution in [-0.4, -0.2) is 19.6 Å². The molecule has 0 aromatic carbocycles. The molecule has 0 saturated carbocycles. The first-order valence-electron chi connectivity index (χ1n) is 7.25. The number of rotatable bonds is 6. The number of nitrogens with zero attached hydrogens (tertiary/aromatic N) is 4. The van der Waals surface area contributed by atoms with Crippen LogP contribution in [0, 0.1) is 0 Å². The summed E-state index contributed by atoms with van der Waals surface area (Å²) < 4.78 is 41.4. The first-order chi connectivity index (χ1) is 10.3. The van der Waals surface area contributed by atoms with E-state index in [1.54, 1.807) is 11.6 Å². The summed E-state index contributed by atoms with van der Waals surface area (Å²) >= 11 is 0. The molecule has 8 heteroatoms. The molecule has 0 amide bonds. The van der Waals surface area contributed by atoms with Crippen LogP contribution in [0.25, 0.3) is 0 Å². The second-order valence-corrected chi connectivity index (χ2v) is 5.03. The van der Waals surface area contributed by atoms with Gasteiger partial charge in [0.2, 0.25) is 0 Å². The highest BCUT2D eigenvalue weighted by Gasteiger charge is 2.35. The van der Waals surface area contributed by atoms with Crippen LogP contribution in [0.3, 0.4) is 0 Å². The van der Waals surface area contributed by atoms with Crippen LogP contribution in [0.2, 0.25) is 0 Å². The molecular formula is C14H20F3N5. The predicted molar refractivity (Wildman–Crippen MR) is 76.1 cm³/mol. The number of aromatic nitrogens is 4. The van der Waals surface area contributed by atoms with Crippen molar-refractivity contribution in [2.75, 3.05) is 0 Å². The Morgan fingerprint density at radius 1 is 1.23 bits per heavy atom. The lowest BCUT2D eigenvalue weighted by molar-refractivity contribution is -0.144. The molecule has 0 fully saturated rings. The molecule has 0 saturated heterocycles. The highest BCUT2D eigenvalue weighted by Crippen LogP contribution is 2.29. The zero-order valence-corrected chi connectivity index (χ0v) is 12.9. The standard InChI is InChI=1S/C14H20F3N5/c1-4-21-7-6-12(20-21)10(3)18-9-11-8-13(14(15,16)17)22(5-2)19-11/h6-8,10,18H,4-5,9H2,1-3H3. The molecule has 2 heterocycles. The maximum atomic E-state index is 12.9. The van der Waals surface area contributed by atoms with Crippen LogP contribution in [0.4, 0.5) is 13.2 Å². The van der Waals surface area contributed by atoms with Crippen molar-refractivity contribution in [3.63, 3.8) is 0 Å². The minimum absolute atomic E-state index is 0.0612. The van der Waals surface area contributed by atoms with Gasteiger partial charge >= 0.3 is 6.18 Å². The largest absolute Gasteiger partial charge is 0.433 e. The Morgan fingerprint density at radius 3 is 2.45 bits per heavy atom. The van der Waals surface area contributed by atoms with Gasteiger partial charge in [0.05, 0.1) is 11.4 Å². The minimum atomic E-state index is -4.38. The third-order valence-electron chi connectivity index (χ3n) is 3.44. The van der Waals surface area contributed by atoms with Crippen molar-refractivity contribution in [2.45, 2.75) is 52.6 Å². The van der Waals surface area contributed by atoms with Crippen LogP contribution in [0.5, 0.6) is 0 Å². The summed E-state index contributed by atoms with van der Waals surface area (Å²) in [6.07, 6.45) is -2.51. The maximum Gasteiger partial charge on any atom is 0.433 e. The quantitative estimate of drug-likeness (QED) is 0.891.